The number of nitrogens with one attached hydrogen (secondary N) is 1. The van der Waals surface area contributed by atoms with Crippen molar-refractivity contribution in [1.29, 1.82) is 0 Å². The van der Waals surface area contributed by atoms with Crippen molar-refractivity contribution in [2.75, 3.05) is 62.3 Å². The van der Waals surface area contributed by atoms with Crippen molar-refractivity contribution in [2.24, 2.45) is 5.73 Å². The minimum atomic E-state index is -0.875. The molecule has 4 N–H and O–H groups in total. The predicted molar refractivity (Wildman–Crippen MR) is 288 cm³/mol. The van der Waals surface area contributed by atoms with Gasteiger partial charge in [-0.3, -0.25) is 14.4 Å². The van der Waals surface area contributed by atoms with Crippen LogP contribution in [0.5, 0.6) is 34.5 Å². The number of benzene rings is 3. The van der Waals surface area contributed by atoms with E-state index in [-0.39, 0.29) is 30.4 Å². The molecular weight excluding hydrogens is 965 g/mol. The Morgan fingerprint density at radius 1 is 0.547 bits per heavy atom. The fraction of sp³-hybridized carbons (Fsp3) is 0.596. The van der Waals surface area contributed by atoms with Gasteiger partial charge in [0.25, 0.3) is 0 Å². The molecule has 3 aliphatic rings. The maximum atomic E-state index is 12.5. The van der Waals surface area contributed by atoms with Crippen molar-refractivity contribution >= 4 is 29.7 Å². The molecule has 3 aliphatic heterocycles. The third kappa shape index (κ3) is 22.6. The van der Waals surface area contributed by atoms with E-state index in [9.17, 15) is 24.0 Å². The molecule has 75 heavy (non-hydrogen) atoms. The first-order valence-electron chi connectivity index (χ1n) is 25.9. The van der Waals surface area contributed by atoms with Crippen molar-refractivity contribution in [2.45, 2.75) is 161 Å². The zero-order valence-electron chi connectivity index (χ0n) is 46.7. The van der Waals surface area contributed by atoms with E-state index < -0.39 is 23.3 Å². The molecule has 0 unspecified atom stereocenters. The topological polar surface area (TPSA) is 224 Å². The molecule has 0 aliphatic carbocycles. The number of likely N-dealkylation sites (tertiary alicyclic amines) is 2. The Balaban J connectivity index is 0.000000275. The molecule has 18 nitrogen and oxygen atoms in total. The third-order valence-corrected chi connectivity index (χ3v) is 12.5. The van der Waals surface area contributed by atoms with E-state index in [2.05, 4.69) is 5.32 Å². The number of rotatable bonds is 19. The summed E-state index contributed by atoms with van der Waals surface area (Å²) in [6.07, 6.45) is 8.39. The summed E-state index contributed by atoms with van der Waals surface area (Å²) in [7, 11) is 9.66. The van der Waals surface area contributed by atoms with Crippen molar-refractivity contribution in [3.8, 4) is 34.5 Å². The van der Waals surface area contributed by atoms with Gasteiger partial charge in [0.15, 0.2) is 34.5 Å². The largest absolute Gasteiger partial charge is 0.493 e. The molecule has 3 fully saturated rings. The molecule has 0 aromatic heterocycles. The van der Waals surface area contributed by atoms with Crippen LogP contribution in [-0.4, -0.2) is 136 Å². The first kappa shape index (κ1) is 63.0. The molecule has 0 bridgehead atoms. The van der Waals surface area contributed by atoms with Crippen molar-refractivity contribution in [3.05, 3.63) is 71.3 Å². The molecule has 3 aromatic carbocycles. The molecule has 3 heterocycles. The number of methoxy groups -OCH3 is 6. The van der Waals surface area contributed by atoms with Gasteiger partial charge in [-0.1, -0.05) is 18.2 Å². The van der Waals surface area contributed by atoms with E-state index in [0.29, 0.717) is 75.1 Å². The highest BCUT2D eigenvalue weighted by molar-refractivity contribution is 5.80. The summed E-state index contributed by atoms with van der Waals surface area (Å²) in [5.74, 6) is 3.84. The van der Waals surface area contributed by atoms with Gasteiger partial charge < -0.3 is 63.9 Å². The highest BCUT2D eigenvalue weighted by Gasteiger charge is 2.34. The van der Waals surface area contributed by atoms with Crippen LogP contribution in [0.3, 0.4) is 0 Å². The fourth-order valence-electron chi connectivity index (χ4n) is 8.74. The van der Waals surface area contributed by atoms with E-state index in [1.165, 1.54) is 11.3 Å². The first-order valence-corrected chi connectivity index (χ1v) is 25.9. The second-order valence-electron chi connectivity index (χ2n) is 20.6. The van der Waals surface area contributed by atoms with E-state index in [4.69, 9.17) is 48.7 Å². The van der Waals surface area contributed by atoms with Crippen molar-refractivity contribution in [1.82, 2.24) is 15.1 Å². The lowest BCUT2D eigenvalue weighted by molar-refractivity contribution is -0.138. The molecule has 6 rings (SSSR count). The van der Waals surface area contributed by atoms with Crippen LogP contribution in [0.15, 0.2) is 54.6 Å². The molecule has 0 radical (unpaired) electrons. The lowest BCUT2D eigenvalue weighted by Crippen LogP contribution is -2.40. The molecule has 0 saturated carbocycles. The van der Waals surface area contributed by atoms with Crippen LogP contribution in [-0.2, 0) is 43.2 Å². The summed E-state index contributed by atoms with van der Waals surface area (Å²) in [6, 6.07) is 17.3. The van der Waals surface area contributed by atoms with E-state index >= 15 is 0 Å². The summed E-state index contributed by atoms with van der Waals surface area (Å²) in [5.41, 5.74) is 7.57. The first-order chi connectivity index (χ1) is 35.6. The summed E-state index contributed by atoms with van der Waals surface area (Å²) in [6.45, 7) is 13.8. The number of nitrogens with two attached hydrogens (primary N) is 1. The summed E-state index contributed by atoms with van der Waals surface area (Å²) < 4.78 is 41.9. The fourth-order valence-corrected chi connectivity index (χ4v) is 8.74. The lowest BCUT2D eigenvalue weighted by Gasteiger charge is -2.28. The number of ketones is 2. The van der Waals surface area contributed by atoms with Crippen LogP contribution in [0.2, 0.25) is 0 Å². The second kappa shape index (κ2) is 31.6. The Kier molecular flexibility index (Phi) is 26.5. The summed E-state index contributed by atoms with van der Waals surface area (Å²) in [5, 5.41) is 12.1. The van der Waals surface area contributed by atoms with Crippen molar-refractivity contribution < 1.29 is 67.0 Å². The minimum absolute atomic E-state index is 0.000751. The van der Waals surface area contributed by atoms with Gasteiger partial charge in [0, 0.05) is 63.4 Å². The predicted octanol–water partition coefficient (Wildman–Crippen LogP) is 9.37. The van der Waals surface area contributed by atoms with Gasteiger partial charge in [-0.15, -0.1) is 0 Å². The van der Waals surface area contributed by atoms with E-state index in [0.717, 1.165) is 84.8 Å². The average molecular weight is 1050 g/mol. The molecule has 3 aromatic rings. The van der Waals surface area contributed by atoms with Crippen LogP contribution < -0.4 is 39.5 Å². The summed E-state index contributed by atoms with van der Waals surface area (Å²) >= 11 is 0. The number of nitrogens with zero attached hydrogens (tertiary/aromatic N) is 2. The number of Topliss-reactive ketones (excluding diaryl/α,β-unsaturated/α-hetero) is 2. The molecule has 18 heteroatoms. The van der Waals surface area contributed by atoms with Crippen molar-refractivity contribution in [3.63, 3.8) is 0 Å². The molecule has 0 spiro atoms. The summed E-state index contributed by atoms with van der Waals surface area (Å²) in [4.78, 5) is 62.4. The Hall–Kier alpha value is -6.27. The minimum Gasteiger partial charge on any atom is -0.493 e. The quantitative estimate of drug-likeness (QED) is 0.102. The van der Waals surface area contributed by atoms with Gasteiger partial charge in [0.1, 0.15) is 22.8 Å². The van der Waals surface area contributed by atoms with Crippen LogP contribution >= 0.6 is 0 Å². The molecular formula is C57H86N4O14. The van der Waals surface area contributed by atoms with Crippen LogP contribution in [0.25, 0.3) is 0 Å². The Morgan fingerprint density at radius 2 is 0.933 bits per heavy atom. The lowest BCUT2D eigenvalue weighted by atomic mass is 10.0. The SMILES string of the molecule is CC(C)(C)OC(=O)N1CCC[C@@H]1CC(=O)O.COc1ccc(CCC(=O)C[C@H]2CCCN2)cc1OC.COc1ccc(CCC(=O)C[C@H]2CCCN2C(=O)OC(C)(C)C)cc1OC.COc1ccc(CN)cc1OC. The molecule has 2 amide bonds. The average Bonchev–Trinajstić information content (AvgIpc) is 4.18. The van der Waals surface area contributed by atoms with Crippen LogP contribution in [0.4, 0.5) is 9.59 Å². The van der Waals surface area contributed by atoms with E-state index in [1.807, 2.05) is 75.4 Å². The maximum absolute atomic E-state index is 12.5. The smallest absolute Gasteiger partial charge is 0.410 e. The van der Waals surface area contributed by atoms with Gasteiger partial charge in [0.2, 0.25) is 0 Å². The number of hydrogen-bond acceptors (Lipinski definition) is 15. The standard InChI is InChI=1S/C21H31NO5.C16H23NO3.C11H19NO4.C9H13NO2/c1-21(2,3)27-20(24)22-12-6-7-16(22)14-17(23)10-8-15-9-11-18(25-4)19(13-15)26-5;1-19-15-8-6-12(10-16(15)20-2)5-7-14(18)11-13-4-3-9-17-13;1-11(2,3)16-10(15)12-6-4-5-8(12)7-9(13)14;1-11-8-4-3-7(6-10)5-9(8)12-2/h9,11,13,16H,6-8,10,12,14H2,1-5H3;6,8,10,13,17H,3-5,7,9,11H2,1-2H3;8H,4-7H2,1-3H3,(H,13,14);3-5H,6,10H2,1-2H3/t16-;13-;8-;/m111./s1. The zero-order chi connectivity index (χ0) is 55.7. The number of carboxylic acid groups (broad SMARTS) is 1. The van der Waals surface area contributed by atoms with Crippen LogP contribution in [0.1, 0.15) is 129 Å². The number of aryl methyl sites for hydroxylation is 2. The van der Waals surface area contributed by atoms with Gasteiger partial charge >= 0.3 is 18.2 Å². The van der Waals surface area contributed by atoms with Gasteiger partial charge in [-0.05, 0) is 153 Å². The van der Waals surface area contributed by atoms with Crippen LogP contribution in [0, 0.1) is 0 Å². The maximum Gasteiger partial charge on any atom is 0.410 e. The van der Waals surface area contributed by atoms with Gasteiger partial charge in [-0.25, -0.2) is 9.59 Å². The zero-order valence-corrected chi connectivity index (χ0v) is 46.7. The van der Waals surface area contributed by atoms with Gasteiger partial charge in [-0.2, -0.15) is 0 Å². The van der Waals surface area contributed by atoms with E-state index in [1.54, 1.807) is 68.3 Å². The highest BCUT2D eigenvalue weighted by atomic mass is 16.6. The Morgan fingerprint density at radius 3 is 1.29 bits per heavy atom. The molecule has 3 atom stereocenters. The number of aliphatic carboxylic acids is 1. The monoisotopic (exact) mass is 1050 g/mol. The number of carboxylic acids is 1. The number of hydrogen-bond donors (Lipinski definition) is 3. The number of amides is 2. The normalized spacial score (nSPS) is 16.9. The molecule has 418 valence electrons. The number of carbonyl (C=O) groups excluding carboxylic acids is 4. The highest BCUT2D eigenvalue weighted by Crippen LogP contribution is 2.31. The molecule has 3 saturated heterocycles. The third-order valence-electron chi connectivity index (χ3n) is 12.5. The number of ether oxygens (including phenoxy) is 8. The number of carbonyl (C=O) groups is 5. The second-order valence-corrected chi connectivity index (χ2v) is 20.6. The van der Waals surface area contributed by atoms with Gasteiger partial charge in [0.05, 0.1) is 49.1 Å². The Labute approximate surface area is 445 Å². The Bertz CT molecular complexity index is 2270.